The summed E-state index contributed by atoms with van der Waals surface area (Å²) in [5.74, 6) is 0. The second-order valence-electron chi connectivity index (χ2n) is 3.92. The molecular formula is C10H15BrN2S. The van der Waals surface area contributed by atoms with Gasteiger partial charge >= 0.3 is 0 Å². The Morgan fingerprint density at radius 1 is 1.64 bits per heavy atom. The minimum absolute atomic E-state index is 0.673. The van der Waals surface area contributed by atoms with Crippen LogP contribution in [0, 0.1) is 0 Å². The molecule has 2 nitrogen and oxygen atoms in total. The van der Waals surface area contributed by atoms with Crippen LogP contribution in [0.25, 0.3) is 0 Å². The Morgan fingerprint density at radius 2 is 2.50 bits per heavy atom. The number of piperidine rings is 1. The molecular weight excluding hydrogens is 260 g/mol. The quantitative estimate of drug-likeness (QED) is 0.771. The van der Waals surface area contributed by atoms with Crippen molar-refractivity contribution in [3.8, 4) is 0 Å². The molecule has 0 radical (unpaired) electrons. The first kappa shape index (κ1) is 10.6. The van der Waals surface area contributed by atoms with Crippen LogP contribution >= 0.6 is 27.3 Å². The van der Waals surface area contributed by atoms with E-state index in [0.717, 1.165) is 6.54 Å². The number of likely N-dealkylation sites (tertiary alicyclic amines) is 1. The molecule has 0 amide bonds. The zero-order valence-corrected chi connectivity index (χ0v) is 10.7. The van der Waals surface area contributed by atoms with Gasteiger partial charge in [-0.05, 0) is 19.8 Å². The van der Waals surface area contributed by atoms with Gasteiger partial charge in [0.15, 0.2) is 0 Å². The first-order valence-corrected chi connectivity index (χ1v) is 6.80. The van der Waals surface area contributed by atoms with E-state index in [1.807, 2.05) is 11.7 Å². The van der Waals surface area contributed by atoms with E-state index in [0.29, 0.717) is 10.9 Å². The lowest BCUT2D eigenvalue weighted by Gasteiger charge is -2.35. The average Bonchev–Trinajstić information content (AvgIpc) is 2.64. The van der Waals surface area contributed by atoms with E-state index in [1.54, 1.807) is 11.3 Å². The van der Waals surface area contributed by atoms with Crippen molar-refractivity contribution in [2.75, 3.05) is 6.54 Å². The van der Waals surface area contributed by atoms with Crippen molar-refractivity contribution in [2.45, 2.75) is 37.2 Å². The molecule has 78 valence electrons. The zero-order chi connectivity index (χ0) is 9.97. The van der Waals surface area contributed by atoms with E-state index < -0.39 is 0 Å². The van der Waals surface area contributed by atoms with Gasteiger partial charge in [-0.15, -0.1) is 11.3 Å². The van der Waals surface area contributed by atoms with Gasteiger partial charge in [0.05, 0.1) is 5.51 Å². The van der Waals surface area contributed by atoms with E-state index in [1.165, 1.54) is 24.3 Å². The molecule has 0 N–H and O–H groups in total. The molecule has 0 saturated carbocycles. The van der Waals surface area contributed by atoms with Crippen LogP contribution in [0.5, 0.6) is 0 Å². The third-order valence-corrected chi connectivity index (χ3v) is 4.31. The van der Waals surface area contributed by atoms with Gasteiger partial charge in [-0.3, -0.25) is 9.88 Å². The minimum atomic E-state index is 0.673. The average molecular weight is 275 g/mol. The third kappa shape index (κ3) is 2.55. The van der Waals surface area contributed by atoms with Gasteiger partial charge in [0, 0.05) is 35.0 Å². The predicted molar refractivity (Wildman–Crippen MR) is 63.9 cm³/mol. The lowest BCUT2D eigenvalue weighted by Crippen LogP contribution is -2.41. The topological polar surface area (TPSA) is 16.1 Å². The Labute approximate surface area is 97.5 Å². The molecule has 0 aromatic carbocycles. The normalized spacial score (nSPS) is 29.3. The van der Waals surface area contributed by atoms with Gasteiger partial charge in [-0.2, -0.15) is 0 Å². The first-order valence-electron chi connectivity index (χ1n) is 5.01. The van der Waals surface area contributed by atoms with Crippen molar-refractivity contribution in [2.24, 2.45) is 0 Å². The Kier molecular flexibility index (Phi) is 3.57. The summed E-state index contributed by atoms with van der Waals surface area (Å²) in [4.78, 5) is 8.70. The van der Waals surface area contributed by atoms with Crippen LogP contribution in [0.2, 0.25) is 0 Å². The van der Waals surface area contributed by atoms with Crippen molar-refractivity contribution in [3.05, 3.63) is 16.6 Å². The third-order valence-electron chi connectivity index (χ3n) is 2.80. The van der Waals surface area contributed by atoms with E-state index in [9.17, 15) is 0 Å². The molecule has 2 rings (SSSR count). The molecule has 0 bridgehead atoms. The lowest BCUT2D eigenvalue weighted by atomic mass is 10.0. The molecule has 1 aliphatic heterocycles. The summed E-state index contributed by atoms with van der Waals surface area (Å²) in [5, 5.41) is 0. The molecule has 14 heavy (non-hydrogen) atoms. The number of rotatable bonds is 2. The van der Waals surface area contributed by atoms with Crippen LogP contribution in [0.15, 0.2) is 11.7 Å². The van der Waals surface area contributed by atoms with Crippen molar-refractivity contribution < 1.29 is 0 Å². The number of halogens is 1. The first-order chi connectivity index (χ1) is 6.75. The maximum Gasteiger partial charge on any atom is 0.0794 e. The highest BCUT2D eigenvalue weighted by Crippen LogP contribution is 2.24. The van der Waals surface area contributed by atoms with Crippen LogP contribution in [-0.2, 0) is 6.54 Å². The minimum Gasteiger partial charge on any atom is -0.294 e. The predicted octanol–water partition coefficient (Wildman–Crippen LogP) is 2.89. The summed E-state index contributed by atoms with van der Waals surface area (Å²) in [6.07, 6.45) is 4.59. The molecule has 0 spiro atoms. The van der Waals surface area contributed by atoms with Gasteiger partial charge in [0.2, 0.25) is 0 Å². The van der Waals surface area contributed by atoms with Crippen LogP contribution in [0.1, 0.15) is 24.6 Å². The summed E-state index contributed by atoms with van der Waals surface area (Å²) in [7, 11) is 0. The Hall–Kier alpha value is 0.0700. The number of thiazole rings is 1. The molecule has 1 saturated heterocycles. The Bertz CT molecular complexity index is 276. The Balaban J connectivity index is 1.95. The highest BCUT2D eigenvalue weighted by molar-refractivity contribution is 9.09. The maximum absolute atomic E-state index is 4.11. The fraction of sp³-hybridized carbons (Fsp3) is 0.700. The largest absolute Gasteiger partial charge is 0.294 e. The number of aromatic nitrogens is 1. The highest BCUT2D eigenvalue weighted by atomic mass is 79.9. The van der Waals surface area contributed by atoms with Gasteiger partial charge in [-0.25, -0.2) is 0 Å². The van der Waals surface area contributed by atoms with Crippen molar-refractivity contribution in [1.29, 1.82) is 0 Å². The van der Waals surface area contributed by atoms with E-state index in [2.05, 4.69) is 32.7 Å². The number of nitrogens with zero attached hydrogens (tertiary/aromatic N) is 2. The molecule has 4 heteroatoms. The summed E-state index contributed by atoms with van der Waals surface area (Å²) in [5.41, 5.74) is 1.91. The number of alkyl halides is 1. The smallest absolute Gasteiger partial charge is 0.0794 e. The molecule has 1 aliphatic rings. The van der Waals surface area contributed by atoms with Crippen molar-refractivity contribution >= 4 is 27.3 Å². The molecule has 1 aromatic heterocycles. The second kappa shape index (κ2) is 4.73. The molecule has 0 aliphatic carbocycles. The lowest BCUT2D eigenvalue weighted by molar-refractivity contribution is 0.160. The molecule has 2 heterocycles. The SMILES string of the molecule is CC1CCC(Br)CN1Cc1cncs1. The maximum atomic E-state index is 4.11. The van der Waals surface area contributed by atoms with Crippen LogP contribution in [0.4, 0.5) is 0 Å². The zero-order valence-electron chi connectivity index (χ0n) is 8.32. The summed E-state index contributed by atoms with van der Waals surface area (Å²) < 4.78 is 0. The summed E-state index contributed by atoms with van der Waals surface area (Å²) in [6, 6.07) is 0.714. The van der Waals surface area contributed by atoms with Gasteiger partial charge in [0.1, 0.15) is 0 Å². The van der Waals surface area contributed by atoms with Crippen LogP contribution in [0.3, 0.4) is 0 Å². The fourth-order valence-corrected chi connectivity index (χ4v) is 3.13. The molecule has 2 atom stereocenters. The van der Waals surface area contributed by atoms with E-state index in [-0.39, 0.29) is 0 Å². The fourth-order valence-electron chi connectivity index (χ4n) is 1.87. The molecule has 2 unspecified atom stereocenters. The monoisotopic (exact) mass is 274 g/mol. The van der Waals surface area contributed by atoms with E-state index in [4.69, 9.17) is 0 Å². The van der Waals surface area contributed by atoms with Crippen molar-refractivity contribution in [3.63, 3.8) is 0 Å². The number of hydrogen-bond donors (Lipinski definition) is 0. The second-order valence-corrected chi connectivity index (χ2v) is 6.19. The Morgan fingerprint density at radius 3 is 3.21 bits per heavy atom. The molecule has 1 aromatic rings. The van der Waals surface area contributed by atoms with Gasteiger partial charge in [-0.1, -0.05) is 15.9 Å². The van der Waals surface area contributed by atoms with Gasteiger partial charge < -0.3 is 0 Å². The standard InChI is InChI=1S/C10H15BrN2S/c1-8-2-3-9(11)5-13(8)6-10-4-12-7-14-10/h4,7-9H,2-3,5-6H2,1H3. The van der Waals surface area contributed by atoms with Gasteiger partial charge in [0.25, 0.3) is 0 Å². The van der Waals surface area contributed by atoms with E-state index >= 15 is 0 Å². The summed E-state index contributed by atoms with van der Waals surface area (Å²) in [6.45, 7) is 4.55. The van der Waals surface area contributed by atoms with Crippen LogP contribution < -0.4 is 0 Å². The summed E-state index contributed by atoms with van der Waals surface area (Å²) >= 11 is 5.46. The van der Waals surface area contributed by atoms with Crippen LogP contribution in [-0.4, -0.2) is 27.3 Å². The highest BCUT2D eigenvalue weighted by Gasteiger charge is 2.23. The molecule has 1 fully saturated rings. The van der Waals surface area contributed by atoms with Crippen molar-refractivity contribution in [1.82, 2.24) is 9.88 Å². The number of hydrogen-bond acceptors (Lipinski definition) is 3.